The molecular formula is C32H30FN5O4. The third kappa shape index (κ3) is 6.01. The molecular weight excluding hydrogens is 537 g/mol. The Kier molecular flexibility index (Phi) is 8.31. The summed E-state index contributed by atoms with van der Waals surface area (Å²) in [5.41, 5.74) is 1.96. The number of phenolic OH excluding ortho intramolecular Hbond substituents is 1. The summed E-state index contributed by atoms with van der Waals surface area (Å²) in [6.07, 6.45) is 5.20. The van der Waals surface area contributed by atoms with Gasteiger partial charge in [0.15, 0.2) is 11.6 Å². The fraction of sp³-hybridized carbons (Fsp3) is 0.250. The molecule has 214 valence electrons. The average molecular weight is 568 g/mol. The number of pyridine rings is 1. The van der Waals surface area contributed by atoms with Gasteiger partial charge in [0.1, 0.15) is 23.2 Å². The number of carbonyl (C=O) groups excluding carboxylic acids is 2. The molecule has 1 fully saturated rings. The Hall–Kier alpha value is -5.01. The van der Waals surface area contributed by atoms with E-state index in [4.69, 9.17) is 4.42 Å². The Morgan fingerprint density at radius 1 is 1.05 bits per heavy atom. The fourth-order valence-electron chi connectivity index (χ4n) is 5.45. The summed E-state index contributed by atoms with van der Waals surface area (Å²) in [5.74, 6) is -1.88. The first-order valence-electron chi connectivity index (χ1n) is 13.6. The molecule has 0 saturated heterocycles. The van der Waals surface area contributed by atoms with Crippen molar-refractivity contribution in [3.05, 3.63) is 84.1 Å². The van der Waals surface area contributed by atoms with Gasteiger partial charge in [0.2, 0.25) is 5.91 Å². The van der Waals surface area contributed by atoms with Gasteiger partial charge < -0.3 is 25.1 Å². The number of aromatic nitrogens is 1. The Labute approximate surface area is 242 Å². The number of furan rings is 1. The molecule has 2 amide bonds. The largest absolute Gasteiger partial charge is 0.507 e. The van der Waals surface area contributed by atoms with Crippen molar-refractivity contribution in [2.45, 2.75) is 31.7 Å². The van der Waals surface area contributed by atoms with E-state index in [1.165, 1.54) is 24.5 Å². The number of rotatable bonds is 7. The highest BCUT2D eigenvalue weighted by Gasteiger charge is 2.32. The first-order valence-corrected chi connectivity index (χ1v) is 13.6. The maximum absolute atomic E-state index is 13.8. The van der Waals surface area contributed by atoms with Crippen LogP contribution in [0.4, 0.5) is 15.9 Å². The molecule has 1 aliphatic rings. The van der Waals surface area contributed by atoms with E-state index >= 15 is 0 Å². The van der Waals surface area contributed by atoms with Crippen LogP contribution in [0.5, 0.6) is 5.75 Å². The summed E-state index contributed by atoms with van der Waals surface area (Å²) in [7, 11) is 3.98. The zero-order valence-electron chi connectivity index (χ0n) is 23.2. The van der Waals surface area contributed by atoms with Crippen LogP contribution in [0.15, 0.2) is 71.3 Å². The number of hydrogen-bond donors (Lipinski definition) is 3. The standard InChI is InChI=1S/C32H30FN5O4/c1-38(2)27-10-4-3-9-23(27)31(40)35-21-8-5-7-19(15-21)24-17-26(22-13-12-20(33)16-28(22)39)36-30(25(24)18-34)37-32(41)29-11-6-14-42-29/h5-8,11-17,23,27,39H,3-4,9-10H2,1-2H3,(H,35,40)(H,36,37,41)/t23-,27+/m0/s1. The maximum Gasteiger partial charge on any atom is 0.292 e. The molecule has 9 nitrogen and oxygen atoms in total. The summed E-state index contributed by atoms with van der Waals surface area (Å²) in [6.45, 7) is 0. The van der Waals surface area contributed by atoms with Crippen LogP contribution in [0.2, 0.25) is 0 Å². The molecule has 3 N–H and O–H groups in total. The van der Waals surface area contributed by atoms with Crippen molar-refractivity contribution in [3.8, 4) is 34.2 Å². The van der Waals surface area contributed by atoms with Crippen molar-refractivity contribution >= 4 is 23.3 Å². The number of halogens is 1. The number of anilines is 2. The highest BCUT2D eigenvalue weighted by molar-refractivity contribution is 6.03. The topological polar surface area (TPSA) is 131 Å². The van der Waals surface area contributed by atoms with Gasteiger partial charge in [-0.25, -0.2) is 9.37 Å². The first-order chi connectivity index (χ1) is 20.2. The van der Waals surface area contributed by atoms with E-state index in [1.54, 1.807) is 36.4 Å². The van der Waals surface area contributed by atoms with Crippen molar-refractivity contribution in [2.75, 3.05) is 24.7 Å². The molecule has 0 unspecified atom stereocenters. The van der Waals surface area contributed by atoms with E-state index < -0.39 is 11.7 Å². The highest BCUT2D eigenvalue weighted by atomic mass is 19.1. The molecule has 2 heterocycles. The minimum atomic E-state index is -0.630. The number of nitrogens with zero attached hydrogens (tertiary/aromatic N) is 3. The molecule has 0 radical (unpaired) electrons. The lowest BCUT2D eigenvalue weighted by atomic mass is 9.83. The molecule has 0 bridgehead atoms. The Balaban J connectivity index is 1.55. The quantitative estimate of drug-likeness (QED) is 0.248. The van der Waals surface area contributed by atoms with E-state index in [-0.39, 0.29) is 52.0 Å². The van der Waals surface area contributed by atoms with Gasteiger partial charge in [-0.05, 0) is 75.0 Å². The van der Waals surface area contributed by atoms with E-state index in [0.29, 0.717) is 16.8 Å². The number of phenols is 1. The smallest absolute Gasteiger partial charge is 0.292 e. The molecule has 5 rings (SSSR count). The molecule has 0 aliphatic heterocycles. The van der Waals surface area contributed by atoms with Gasteiger partial charge in [0, 0.05) is 28.9 Å². The van der Waals surface area contributed by atoms with Gasteiger partial charge in [-0.2, -0.15) is 5.26 Å². The zero-order chi connectivity index (χ0) is 29.8. The third-order valence-corrected chi connectivity index (χ3v) is 7.51. The van der Waals surface area contributed by atoms with E-state index in [0.717, 1.165) is 31.7 Å². The number of nitriles is 1. The summed E-state index contributed by atoms with van der Waals surface area (Å²) in [6, 6.07) is 17.4. The van der Waals surface area contributed by atoms with Gasteiger partial charge in [0.05, 0.1) is 17.9 Å². The first kappa shape index (κ1) is 28.5. The lowest BCUT2D eigenvalue weighted by molar-refractivity contribution is -0.122. The maximum atomic E-state index is 13.8. The van der Waals surface area contributed by atoms with Crippen LogP contribution in [0.25, 0.3) is 22.4 Å². The third-order valence-electron chi connectivity index (χ3n) is 7.51. The summed E-state index contributed by atoms with van der Waals surface area (Å²) in [4.78, 5) is 32.7. The second-order valence-electron chi connectivity index (χ2n) is 10.5. The molecule has 42 heavy (non-hydrogen) atoms. The lowest BCUT2D eigenvalue weighted by Gasteiger charge is -2.35. The lowest BCUT2D eigenvalue weighted by Crippen LogP contribution is -2.43. The predicted octanol–water partition coefficient (Wildman–Crippen LogP) is 6.04. The van der Waals surface area contributed by atoms with E-state index in [9.17, 15) is 24.3 Å². The molecule has 2 aromatic carbocycles. The SMILES string of the molecule is CN(C)[C@@H]1CCCC[C@@H]1C(=O)Nc1cccc(-c2cc(-c3ccc(F)cc3O)nc(NC(=O)c3ccco3)c2C#N)c1. The number of hydrogen-bond acceptors (Lipinski definition) is 7. The van der Waals surface area contributed by atoms with E-state index in [1.807, 2.05) is 14.1 Å². The van der Waals surface area contributed by atoms with Crippen LogP contribution in [0, 0.1) is 23.1 Å². The molecule has 1 saturated carbocycles. The fourth-order valence-corrected chi connectivity index (χ4v) is 5.45. The number of nitrogens with one attached hydrogen (secondary N) is 2. The normalized spacial score (nSPS) is 16.5. The van der Waals surface area contributed by atoms with Crippen LogP contribution in [0.1, 0.15) is 41.8 Å². The van der Waals surface area contributed by atoms with Crippen LogP contribution in [-0.2, 0) is 4.79 Å². The van der Waals surface area contributed by atoms with Crippen LogP contribution < -0.4 is 10.6 Å². The second-order valence-corrected chi connectivity index (χ2v) is 10.5. The minimum absolute atomic E-state index is 0.0146. The molecule has 2 aromatic heterocycles. The summed E-state index contributed by atoms with van der Waals surface area (Å²) >= 11 is 0. The molecule has 0 spiro atoms. The van der Waals surface area contributed by atoms with Crippen LogP contribution in [-0.4, -0.2) is 46.9 Å². The van der Waals surface area contributed by atoms with Gasteiger partial charge in [-0.1, -0.05) is 25.0 Å². The van der Waals surface area contributed by atoms with Gasteiger partial charge in [-0.3, -0.25) is 9.59 Å². The molecule has 2 atom stereocenters. The van der Waals surface area contributed by atoms with Crippen molar-refractivity contribution in [3.63, 3.8) is 0 Å². The predicted molar refractivity (Wildman–Crippen MR) is 156 cm³/mol. The Morgan fingerprint density at radius 3 is 2.57 bits per heavy atom. The highest BCUT2D eigenvalue weighted by Crippen LogP contribution is 2.37. The van der Waals surface area contributed by atoms with Crippen molar-refractivity contribution in [1.29, 1.82) is 5.26 Å². The summed E-state index contributed by atoms with van der Waals surface area (Å²) in [5, 5.41) is 26.3. The molecule has 4 aromatic rings. The summed E-state index contributed by atoms with van der Waals surface area (Å²) < 4.78 is 18.9. The average Bonchev–Trinajstić information content (AvgIpc) is 3.52. The molecule has 1 aliphatic carbocycles. The monoisotopic (exact) mass is 567 g/mol. The second kappa shape index (κ2) is 12.2. The zero-order valence-corrected chi connectivity index (χ0v) is 23.2. The van der Waals surface area contributed by atoms with Gasteiger partial charge >= 0.3 is 0 Å². The van der Waals surface area contributed by atoms with Crippen molar-refractivity contribution in [1.82, 2.24) is 9.88 Å². The number of benzene rings is 2. The van der Waals surface area contributed by atoms with Crippen molar-refractivity contribution in [2.24, 2.45) is 5.92 Å². The van der Waals surface area contributed by atoms with E-state index in [2.05, 4.69) is 26.6 Å². The molecule has 10 heteroatoms. The van der Waals surface area contributed by atoms with Gasteiger partial charge in [-0.15, -0.1) is 0 Å². The number of carbonyl (C=O) groups is 2. The van der Waals surface area contributed by atoms with Crippen LogP contribution >= 0.6 is 0 Å². The van der Waals surface area contributed by atoms with Gasteiger partial charge in [0.25, 0.3) is 5.91 Å². The Bertz CT molecular complexity index is 1660. The Morgan fingerprint density at radius 2 is 1.86 bits per heavy atom. The number of amides is 2. The number of aromatic hydroxyl groups is 1. The van der Waals surface area contributed by atoms with Crippen LogP contribution in [0.3, 0.4) is 0 Å². The van der Waals surface area contributed by atoms with Crippen molar-refractivity contribution < 1.29 is 23.5 Å². The minimum Gasteiger partial charge on any atom is -0.507 e.